The van der Waals surface area contributed by atoms with Crippen LogP contribution in [0.1, 0.15) is 6.92 Å². The second-order valence-corrected chi connectivity index (χ2v) is 5.92. The van der Waals surface area contributed by atoms with E-state index in [0.717, 1.165) is 0 Å². The second-order valence-electron chi connectivity index (χ2n) is 3.85. The lowest BCUT2D eigenvalue weighted by Crippen LogP contribution is -2.00. The van der Waals surface area contributed by atoms with Crippen molar-refractivity contribution in [2.24, 2.45) is 0 Å². The molecule has 1 nitrogen and oxygen atoms in total. The molecule has 1 heterocycles. The van der Waals surface area contributed by atoms with Crippen molar-refractivity contribution in [1.82, 2.24) is 0 Å². The number of anilines is 1. The van der Waals surface area contributed by atoms with Gasteiger partial charge < -0.3 is 5.32 Å². The first-order chi connectivity index (χ1) is 7.27. The fourth-order valence-electron chi connectivity index (χ4n) is 2.05. The Hall–Kier alpha value is -1.28. The van der Waals surface area contributed by atoms with Crippen LogP contribution < -0.4 is 5.32 Å². The van der Waals surface area contributed by atoms with Crippen LogP contribution in [0.4, 0.5) is 5.69 Å². The van der Waals surface area contributed by atoms with Crippen molar-refractivity contribution in [2.45, 2.75) is 11.8 Å². The van der Waals surface area contributed by atoms with E-state index in [1.54, 1.807) is 0 Å². The Kier molecular flexibility index (Phi) is 1.86. The molecule has 2 aromatic rings. The first kappa shape index (κ1) is 8.98. The summed E-state index contributed by atoms with van der Waals surface area (Å²) in [5.74, 6) is 0. The highest BCUT2D eigenvalue weighted by Gasteiger charge is 2.16. The number of benzene rings is 2. The summed E-state index contributed by atoms with van der Waals surface area (Å²) in [6, 6.07) is 13.0. The highest BCUT2D eigenvalue weighted by Crippen LogP contribution is 2.41. The van der Waals surface area contributed by atoms with Crippen LogP contribution in [0.2, 0.25) is 0 Å². The molecule has 0 saturated carbocycles. The first-order valence-corrected chi connectivity index (χ1v) is 6.69. The topological polar surface area (TPSA) is 12.0 Å². The molecule has 0 amide bonds. The van der Waals surface area contributed by atoms with E-state index in [9.17, 15) is 0 Å². The van der Waals surface area contributed by atoms with Crippen LogP contribution in [0.3, 0.4) is 0 Å². The quantitative estimate of drug-likeness (QED) is 0.661. The van der Waals surface area contributed by atoms with Gasteiger partial charge in [-0.25, -0.2) is 0 Å². The van der Waals surface area contributed by atoms with Gasteiger partial charge in [-0.3, -0.25) is 0 Å². The SMILES string of the molecule is CC1=S(C)c2ccc3ccccc3c2N1. The Morgan fingerprint density at radius 1 is 1.07 bits per heavy atom. The van der Waals surface area contributed by atoms with Crippen molar-refractivity contribution >= 4 is 31.9 Å². The number of hydrogen-bond donors (Lipinski definition) is 1. The minimum Gasteiger partial charge on any atom is -0.353 e. The van der Waals surface area contributed by atoms with Gasteiger partial charge in [0.15, 0.2) is 0 Å². The van der Waals surface area contributed by atoms with E-state index in [-0.39, 0.29) is 10.5 Å². The first-order valence-electron chi connectivity index (χ1n) is 5.05. The molecule has 1 aliphatic rings. The molecule has 1 atom stereocenters. The molecule has 0 spiro atoms. The summed E-state index contributed by atoms with van der Waals surface area (Å²) in [5, 5.41) is 6.17. The van der Waals surface area contributed by atoms with Gasteiger partial charge >= 0.3 is 0 Å². The van der Waals surface area contributed by atoms with Gasteiger partial charge in [0.2, 0.25) is 0 Å². The van der Waals surface area contributed by atoms with E-state index >= 15 is 0 Å². The lowest BCUT2D eigenvalue weighted by atomic mass is 10.1. The fourth-order valence-corrected chi connectivity index (χ4v) is 3.38. The zero-order valence-corrected chi connectivity index (χ0v) is 9.69. The number of hydrogen-bond acceptors (Lipinski definition) is 1. The van der Waals surface area contributed by atoms with E-state index in [4.69, 9.17) is 0 Å². The van der Waals surface area contributed by atoms with Gasteiger partial charge in [0.25, 0.3) is 0 Å². The van der Waals surface area contributed by atoms with Gasteiger partial charge in [0.1, 0.15) is 0 Å². The van der Waals surface area contributed by atoms with Crippen LogP contribution in [-0.2, 0) is 0 Å². The molecule has 1 unspecified atom stereocenters. The third-order valence-electron chi connectivity index (χ3n) is 2.98. The summed E-state index contributed by atoms with van der Waals surface area (Å²) in [5.41, 5.74) is 1.32. The number of nitrogens with one attached hydrogen (secondary N) is 1. The molecule has 1 N–H and O–H groups in total. The van der Waals surface area contributed by atoms with Gasteiger partial charge in [-0.2, -0.15) is 0 Å². The van der Waals surface area contributed by atoms with Crippen LogP contribution >= 0.6 is 10.5 Å². The maximum atomic E-state index is 3.52. The minimum atomic E-state index is 0.257. The molecule has 0 aliphatic carbocycles. The summed E-state index contributed by atoms with van der Waals surface area (Å²) < 4.78 is 0. The Morgan fingerprint density at radius 3 is 2.73 bits per heavy atom. The normalized spacial score (nSPS) is 19.1. The standard InChI is InChI=1S/C13H13NS/c1-9-14-13-11-6-4-3-5-10(11)7-8-12(13)15(9)2/h3-8,14H,1-2H3. The third-order valence-corrected chi connectivity index (χ3v) is 5.00. The molecule has 76 valence electrons. The van der Waals surface area contributed by atoms with Crippen LogP contribution in [0.25, 0.3) is 10.8 Å². The summed E-state index contributed by atoms with van der Waals surface area (Å²) >= 11 is 0. The fraction of sp³-hybridized carbons (Fsp3) is 0.154. The lowest BCUT2D eigenvalue weighted by molar-refractivity contribution is 1.50. The Balaban J connectivity index is 2.38. The molecule has 1 aliphatic heterocycles. The molecular formula is C13H13NS. The smallest absolute Gasteiger partial charge is 0.0599 e. The average molecular weight is 215 g/mol. The molecule has 0 aromatic heterocycles. The molecule has 0 saturated heterocycles. The van der Waals surface area contributed by atoms with E-state index in [2.05, 4.69) is 54.9 Å². The average Bonchev–Trinajstić information content (AvgIpc) is 2.56. The van der Waals surface area contributed by atoms with Crippen LogP contribution in [-0.4, -0.2) is 11.2 Å². The maximum Gasteiger partial charge on any atom is 0.0599 e. The Bertz CT molecular complexity index is 584. The summed E-state index contributed by atoms with van der Waals surface area (Å²) in [7, 11) is 0.257. The third kappa shape index (κ3) is 1.21. The summed E-state index contributed by atoms with van der Waals surface area (Å²) in [6.07, 6.45) is 2.28. The van der Waals surface area contributed by atoms with Crippen molar-refractivity contribution in [3.63, 3.8) is 0 Å². The predicted molar refractivity (Wildman–Crippen MR) is 70.0 cm³/mol. The van der Waals surface area contributed by atoms with Crippen molar-refractivity contribution in [1.29, 1.82) is 0 Å². The van der Waals surface area contributed by atoms with E-state index in [0.29, 0.717) is 0 Å². The molecule has 0 fully saturated rings. The maximum absolute atomic E-state index is 3.52. The monoisotopic (exact) mass is 215 g/mol. The van der Waals surface area contributed by atoms with Crippen molar-refractivity contribution in [3.8, 4) is 0 Å². The van der Waals surface area contributed by atoms with Gasteiger partial charge in [-0.1, -0.05) is 30.3 Å². The van der Waals surface area contributed by atoms with Gasteiger partial charge in [-0.05, 0) is 24.6 Å². The van der Waals surface area contributed by atoms with Crippen LogP contribution in [0, 0.1) is 0 Å². The molecular weight excluding hydrogens is 202 g/mol. The van der Waals surface area contributed by atoms with E-state index in [1.165, 1.54) is 26.3 Å². The van der Waals surface area contributed by atoms with Gasteiger partial charge in [0.05, 0.1) is 5.69 Å². The highest BCUT2D eigenvalue weighted by atomic mass is 32.2. The van der Waals surface area contributed by atoms with Crippen LogP contribution in [0.5, 0.6) is 0 Å². The number of fused-ring (bicyclic) bond motifs is 3. The molecule has 0 radical (unpaired) electrons. The molecule has 2 heteroatoms. The highest BCUT2D eigenvalue weighted by molar-refractivity contribution is 8.16. The second kappa shape index (κ2) is 3.11. The van der Waals surface area contributed by atoms with Gasteiger partial charge in [-0.15, -0.1) is 10.5 Å². The zero-order chi connectivity index (χ0) is 10.4. The largest absolute Gasteiger partial charge is 0.353 e. The summed E-state index contributed by atoms with van der Waals surface area (Å²) in [4.78, 5) is 2.83. The Morgan fingerprint density at radius 2 is 1.87 bits per heavy atom. The molecule has 2 aromatic carbocycles. The van der Waals surface area contributed by atoms with Crippen molar-refractivity contribution in [3.05, 3.63) is 36.4 Å². The van der Waals surface area contributed by atoms with Crippen molar-refractivity contribution in [2.75, 3.05) is 11.6 Å². The molecule has 15 heavy (non-hydrogen) atoms. The molecule has 0 bridgehead atoms. The van der Waals surface area contributed by atoms with E-state index < -0.39 is 0 Å². The lowest BCUT2D eigenvalue weighted by Gasteiger charge is -2.06. The van der Waals surface area contributed by atoms with E-state index in [1.807, 2.05) is 0 Å². The minimum absolute atomic E-state index is 0.257. The molecule has 3 rings (SSSR count). The van der Waals surface area contributed by atoms with Crippen molar-refractivity contribution < 1.29 is 0 Å². The Labute approximate surface area is 92.0 Å². The zero-order valence-electron chi connectivity index (χ0n) is 8.87. The van der Waals surface area contributed by atoms with Gasteiger partial charge in [0, 0.05) is 15.3 Å². The predicted octanol–water partition coefficient (Wildman–Crippen LogP) is 3.67. The van der Waals surface area contributed by atoms with Crippen LogP contribution in [0.15, 0.2) is 41.3 Å². The summed E-state index contributed by atoms with van der Waals surface area (Å²) in [6.45, 7) is 2.18. The number of rotatable bonds is 0.